The highest BCUT2D eigenvalue weighted by Gasteiger charge is 2.27. The van der Waals surface area contributed by atoms with E-state index in [9.17, 15) is 23.5 Å². The van der Waals surface area contributed by atoms with Crippen molar-refractivity contribution in [2.75, 3.05) is 0 Å². The number of fused-ring (bicyclic) bond motifs is 1. The van der Waals surface area contributed by atoms with Crippen LogP contribution in [0.25, 0.3) is 10.9 Å². The predicted octanol–water partition coefficient (Wildman–Crippen LogP) is 5.68. The van der Waals surface area contributed by atoms with E-state index >= 15 is 0 Å². The number of rotatable bonds is 8. The topological polar surface area (TPSA) is 84.2 Å². The summed E-state index contributed by atoms with van der Waals surface area (Å²) in [6.07, 6.45) is 2.19. The van der Waals surface area contributed by atoms with Gasteiger partial charge in [0, 0.05) is 29.9 Å². The van der Waals surface area contributed by atoms with Crippen LogP contribution in [0.2, 0.25) is 0 Å². The molecule has 2 heterocycles. The molecule has 0 aliphatic rings. The summed E-state index contributed by atoms with van der Waals surface area (Å²) in [6.45, 7) is 6.12. The van der Waals surface area contributed by atoms with Gasteiger partial charge >= 0.3 is 5.97 Å². The Morgan fingerprint density at radius 1 is 1.08 bits per heavy atom. The van der Waals surface area contributed by atoms with Crippen molar-refractivity contribution in [3.63, 3.8) is 0 Å². The third kappa shape index (κ3) is 4.98. The molecule has 0 saturated carbocycles. The van der Waals surface area contributed by atoms with Crippen LogP contribution in [0.15, 0.2) is 54.7 Å². The average Bonchev–Trinajstić information content (AvgIpc) is 3.16. The lowest BCUT2D eigenvalue weighted by atomic mass is 9.97. The van der Waals surface area contributed by atoms with Crippen molar-refractivity contribution in [3.8, 4) is 0 Å². The van der Waals surface area contributed by atoms with Crippen molar-refractivity contribution >= 4 is 22.8 Å². The van der Waals surface area contributed by atoms with E-state index in [0.29, 0.717) is 35.0 Å². The van der Waals surface area contributed by atoms with E-state index in [-0.39, 0.29) is 18.0 Å². The Balaban J connectivity index is 1.90. The number of pyridine rings is 1. The van der Waals surface area contributed by atoms with Gasteiger partial charge in [-0.1, -0.05) is 26.8 Å². The van der Waals surface area contributed by atoms with Gasteiger partial charge < -0.3 is 15.0 Å². The standard InChI is InChI=1S/C28H27F2N3O3/c1-4-18-11-19(28(35)36)12-23-24(18)25(27(34)32-14-17-9-20(29)13-21(30)10-17)26(16(2)3)33(23)15-22-7-5-6-8-31-22/h5-13,16H,4,14-15H2,1-3H3,(H,32,34)(H,35,36). The van der Waals surface area contributed by atoms with E-state index in [2.05, 4.69) is 10.3 Å². The SMILES string of the molecule is CCc1cc(C(=O)O)cc2c1c(C(=O)NCc1cc(F)cc(F)c1)c(C(C)C)n2Cc1ccccn1. The Morgan fingerprint density at radius 3 is 2.39 bits per heavy atom. The largest absolute Gasteiger partial charge is 0.478 e. The van der Waals surface area contributed by atoms with Gasteiger partial charge in [-0.25, -0.2) is 13.6 Å². The summed E-state index contributed by atoms with van der Waals surface area (Å²) in [5.74, 6) is -2.98. The molecule has 0 radical (unpaired) electrons. The van der Waals surface area contributed by atoms with E-state index in [1.807, 2.05) is 43.5 Å². The minimum absolute atomic E-state index is 0.0629. The fourth-order valence-electron chi connectivity index (χ4n) is 4.62. The molecule has 0 aliphatic carbocycles. The van der Waals surface area contributed by atoms with Crippen LogP contribution in [0.4, 0.5) is 8.78 Å². The number of aromatic carboxylic acids is 1. The summed E-state index contributed by atoms with van der Waals surface area (Å²) in [4.78, 5) is 29.9. The van der Waals surface area contributed by atoms with Crippen LogP contribution in [0.3, 0.4) is 0 Å². The second-order valence-corrected chi connectivity index (χ2v) is 8.97. The molecule has 1 amide bonds. The number of halogens is 2. The van der Waals surface area contributed by atoms with Crippen molar-refractivity contribution in [1.82, 2.24) is 14.9 Å². The highest BCUT2D eigenvalue weighted by Crippen LogP contribution is 2.35. The van der Waals surface area contributed by atoms with E-state index in [0.717, 1.165) is 23.0 Å². The molecule has 0 saturated heterocycles. The Bertz CT molecular complexity index is 1430. The number of hydrogen-bond donors (Lipinski definition) is 2. The Hall–Kier alpha value is -4.07. The van der Waals surface area contributed by atoms with Crippen LogP contribution in [0.5, 0.6) is 0 Å². The number of hydrogen-bond acceptors (Lipinski definition) is 3. The number of aromatic nitrogens is 2. The molecular formula is C28H27F2N3O3. The zero-order valence-corrected chi connectivity index (χ0v) is 20.3. The minimum atomic E-state index is -1.05. The quantitative estimate of drug-likeness (QED) is 0.332. The summed E-state index contributed by atoms with van der Waals surface area (Å²) in [5, 5.41) is 13.2. The van der Waals surface area contributed by atoms with Crippen molar-refractivity contribution < 1.29 is 23.5 Å². The summed E-state index contributed by atoms with van der Waals surface area (Å²) in [6, 6.07) is 11.9. The number of carboxylic acids is 1. The first kappa shape index (κ1) is 25.0. The van der Waals surface area contributed by atoms with Gasteiger partial charge in [-0.3, -0.25) is 9.78 Å². The van der Waals surface area contributed by atoms with Gasteiger partial charge in [0.2, 0.25) is 0 Å². The van der Waals surface area contributed by atoms with Gasteiger partial charge in [-0.15, -0.1) is 0 Å². The van der Waals surface area contributed by atoms with E-state index in [4.69, 9.17) is 0 Å². The molecule has 2 N–H and O–H groups in total. The van der Waals surface area contributed by atoms with Gasteiger partial charge in [-0.2, -0.15) is 0 Å². The maximum Gasteiger partial charge on any atom is 0.335 e. The van der Waals surface area contributed by atoms with E-state index in [1.165, 1.54) is 12.1 Å². The van der Waals surface area contributed by atoms with Crippen LogP contribution >= 0.6 is 0 Å². The van der Waals surface area contributed by atoms with Crippen LogP contribution in [0, 0.1) is 11.6 Å². The molecule has 8 heteroatoms. The van der Waals surface area contributed by atoms with E-state index < -0.39 is 23.5 Å². The monoisotopic (exact) mass is 491 g/mol. The fraction of sp³-hybridized carbons (Fsp3) is 0.250. The second-order valence-electron chi connectivity index (χ2n) is 8.97. The van der Waals surface area contributed by atoms with Crippen molar-refractivity contribution in [2.24, 2.45) is 0 Å². The van der Waals surface area contributed by atoms with Crippen LogP contribution in [0.1, 0.15) is 69.9 Å². The Labute approximate surface area is 207 Å². The zero-order chi connectivity index (χ0) is 26.0. The average molecular weight is 492 g/mol. The predicted molar refractivity (Wildman–Crippen MR) is 133 cm³/mol. The highest BCUT2D eigenvalue weighted by atomic mass is 19.1. The molecule has 4 aromatic rings. The van der Waals surface area contributed by atoms with Gasteiger partial charge in [0.25, 0.3) is 5.91 Å². The third-order valence-electron chi connectivity index (χ3n) is 6.11. The molecule has 0 unspecified atom stereocenters. The molecule has 4 rings (SSSR count). The van der Waals surface area contributed by atoms with Gasteiger partial charge in [0.15, 0.2) is 0 Å². The number of aryl methyl sites for hydroxylation is 1. The molecule has 186 valence electrons. The van der Waals surface area contributed by atoms with Crippen LogP contribution in [-0.2, 0) is 19.5 Å². The van der Waals surface area contributed by atoms with Crippen LogP contribution in [-0.4, -0.2) is 26.5 Å². The number of nitrogens with zero attached hydrogens (tertiary/aromatic N) is 2. The minimum Gasteiger partial charge on any atom is -0.478 e. The number of carbonyl (C=O) groups is 2. The van der Waals surface area contributed by atoms with Gasteiger partial charge in [0.1, 0.15) is 11.6 Å². The molecule has 2 aromatic heterocycles. The highest BCUT2D eigenvalue weighted by molar-refractivity contribution is 6.11. The number of carboxylic acid groups (broad SMARTS) is 1. The first-order valence-electron chi connectivity index (χ1n) is 11.7. The maximum atomic E-state index is 13.7. The summed E-state index contributed by atoms with van der Waals surface area (Å²) in [5.41, 5.74) is 3.72. The first-order valence-corrected chi connectivity index (χ1v) is 11.7. The summed E-state index contributed by atoms with van der Waals surface area (Å²) >= 11 is 0. The number of benzene rings is 2. The second kappa shape index (κ2) is 10.3. The first-order chi connectivity index (χ1) is 17.2. The smallest absolute Gasteiger partial charge is 0.335 e. The number of nitrogens with one attached hydrogen (secondary N) is 1. The molecule has 0 spiro atoms. The van der Waals surface area contributed by atoms with Gasteiger partial charge in [-0.05, 0) is 59.9 Å². The Kier molecular flexibility index (Phi) is 7.15. The fourth-order valence-corrected chi connectivity index (χ4v) is 4.62. The summed E-state index contributed by atoms with van der Waals surface area (Å²) < 4.78 is 29.3. The normalized spacial score (nSPS) is 11.3. The van der Waals surface area contributed by atoms with Gasteiger partial charge in [0.05, 0.1) is 28.9 Å². The molecule has 0 aliphatic heterocycles. The van der Waals surface area contributed by atoms with E-state index in [1.54, 1.807) is 18.3 Å². The molecule has 0 atom stereocenters. The molecule has 6 nitrogen and oxygen atoms in total. The molecular weight excluding hydrogens is 464 g/mol. The molecule has 0 bridgehead atoms. The lowest BCUT2D eigenvalue weighted by Crippen LogP contribution is -2.25. The molecule has 0 fully saturated rings. The number of carbonyl (C=O) groups excluding carboxylic acids is 1. The number of amides is 1. The van der Waals surface area contributed by atoms with Crippen molar-refractivity contribution in [1.29, 1.82) is 0 Å². The lowest BCUT2D eigenvalue weighted by molar-refractivity contribution is 0.0696. The molecule has 2 aromatic carbocycles. The maximum absolute atomic E-state index is 13.7. The van der Waals surface area contributed by atoms with Crippen molar-refractivity contribution in [3.05, 3.63) is 100 Å². The molecule has 36 heavy (non-hydrogen) atoms. The van der Waals surface area contributed by atoms with Crippen LogP contribution < -0.4 is 5.32 Å². The lowest BCUT2D eigenvalue weighted by Gasteiger charge is -2.15. The third-order valence-corrected chi connectivity index (χ3v) is 6.11. The van der Waals surface area contributed by atoms with Crippen molar-refractivity contribution in [2.45, 2.75) is 46.2 Å². The summed E-state index contributed by atoms with van der Waals surface area (Å²) in [7, 11) is 0. The zero-order valence-electron chi connectivity index (χ0n) is 20.3. The Morgan fingerprint density at radius 2 is 1.81 bits per heavy atom.